The van der Waals surface area contributed by atoms with Gasteiger partial charge in [0.2, 0.25) is 5.78 Å². The molecule has 6 heteroatoms. The largest absolute Gasteiger partial charge is 0.504 e. The van der Waals surface area contributed by atoms with Crippen molar-refractivity contribution in [3.63, 3.8) is 0 Å². The molecule has 0 spiro atoms. The summed E-state index contributed by atoms with van der Waals surface area (Å²) >= 11 is 0. The molecule has 0 amide bonds. The van der Waals surface area contributed by atoms with Gasteiger partial charge in [-0.15, -0.1) is 0 Å². The van der Waals surface area contributed by atoms with Gasteiger partial charge >= 0.3 is 0 Å². The number of allylic oxidation sites excluding steroid dienone is 4. The summed E-state index contributed by atoms with van der Waals surface area (Å²) in [6.45, 7) is 7.06. The van der Waals surface area contributed by atoms with Crippen LogP contribution in [0.2, 0.25) is 0 Å². The molecule has 0 aromatic carbocycles. The summed E-state index contributed by atoms with van der Waals surface area (Å²) in [4.78, 5) is 26.4. The lowest BCUT2D eigenvalue weighted by Gasteiger charge is -2.60. The van der Waals surface area contributed by atoms with Crippen LogP contribution in [0.25, 0.3) is 5.57 Å². The molecule has 3 N–H and O–H groups in total. The number of Topliss-reactive ketones (excluding diaryl/α,β-unsaturated/α-hetero) is 1. The minimum atomic E-state index is -1.22. The van der Waals surface area contributed by atoms with Crippen LogP contribution >= 0.6 is 0 Å². The van der Waals surface area contributed by atoms with Crippen LogP contribution < -0.4 is 0 Å². The van der Waals surface area contributed by atoms with Gasteiger partial charge in [-0.2, -0.15) is 0 Å². The van der Waals surface area contributed by atoms with Gasteiger partial charge in [-0.25, -0.2) is 0 Å². The van der Waals surface area contributed by atoms with Crippen molar-refractivity contribution in [3.05, 3.63) is 53.2 Å². The monoisotopic (exact) mass is 424 g/mol. The molecule has 1 saturated carbocycles. The summed E-state index contributed by atoms with van der Waals surface area (Å²) in [7, 11) is 0. The fourth-order valence-electron chi connectivity index (χ4n) is 7.39. The summed E-state index contributed by atoms with van der Waals surface area (Å²) < 4.78 is 5.22. The lowest BCUT2D eigenvalue weighted by Crippen LogP contribution is -2.64. The summed E-state index contributed by atoms with van der Waals surface area (Å²) in [6.07, 6.45) is 5.39. The number of hydrogen-bond acceptors (Lipinski definition) is 6. The Bertz CT molecular complexity index is 1090. The number of hydrogen-bond donors (Lipinski definition) is 3. The molecule has 31 heavy (non-hydrogen) atoms. The fraction of sp³-hybridized carbons (Fsp3) is 0.520. The maximum absolute atomic E-state index is 13.8. The molecule has 1 aromatic heterocycles. The lowest BCUT2D eigenvalue weighted by molar-refractivity contribution is -0.157. The van der Waals surface area contributed by atoms with E-state index in [1.165, 1.54) is 6.08 Å². The van der Waals surface area contributed by atoms with Gasteiger partial charge in [0, 0.05) is 28.2 Å². The first kappa shape index (κ1) is 20.5. The smallest absolute Gasteiger partial charge is 0.204 e. The van der Waals surface area contributed by atoms with Gasteiger partial charge in [0.25, 0.3) is 0 Å². The van der Waals surface area contributed by atoms with E-state index < -0.39 is 51.8 Å². The van der Waals surface area contributed by atoms with Crippen LogP contribution in [0.4, 0.5) is 0 Å². The van der Waals surface area contributed by atoms with Crippen molar-refractivity contribution in [1.29, 1.82) is 0 Å². The van der Waals surface area contributed by atoms with Crippen LogP contribution in [-0.4, -0.2) is 39.1 Å². The summed E-state index contributed by atoms with van der Waals surface area (Å²) in [5.74, 6) is -2.21. The fourth-order valence-corrected chi connectivity index (χ4v) is 7.39. The highest BCUT2D eigenvalue weighted by Crippen LogP contribution is 2.67. The second kappa shape index (κ2) is 6.08. The Morgan fingerprint density at radius 1 is 1.06 bits per heavy atom. The first-order valence-electron chi connectivity index (χ1n) is 10.8. The topological polar surface area (TPSA) is 108 Å². The molecule has 1 fully saturated rings. The van der Waals surface area contributed by atoms with E-state index in [-0.39, 0.29) is 5.78 Å². The molecule has 0 bridgehead atoms. The van der Waals surface area contributed by atoms with E-state index in [0.717, 1.165) is 16.7 Å². The van der Waals surface area contributed by atoms with Crippen molar-refractivity contribution in [3.8, 4) is 0 Å². The van der Waals surface area contributed by atoms with Crippen LogP contribution in [0.3, 0.4) is 0 Å². The van der Waals surface area contributed by atoms with Gasteiger partial charge in [-0.1, -0.05) is 25.5 Å². The SMILES string of the molecule is CC1(C)C(=O)C=C[C@@]2(C)C1=C(O)C(=O)[C@@]1(C)[C@H]3C(=C(c4ccoc4)C[C@H]3O)C[C@H](O)[C@@H]12. The van der Waals surface area contributed by atoms with E-state index in [1.54, 1.807) is 39.4 Å². The molecule has 0 unspecified atom stereocenters. The van der Waals surface area contributed by atoms with Crippen molar-refractivity contribution in [2.75, 3.05) is 0 Å². The third-order valence-electron chi connectivity index (χ3n) is 8.48. The predicted molar refractivity (Wildman–Crippen MR) is 113 cm³/mol. The highest BCUT2D eigenvalue weighted by Gasteiger charge is 2.69. The molecule has 6 nitrogen and oxygen atoms in total. The molecule has 0 saturated heterocycles. The first-order chi connectivity index (χ1) is 14.5. The standard InChI is InChI=1S/C25H28O6/c1-23(2)17(28)5-7-24(3)20-16(27)10-14-13(12-6-8-31-11-12)9-15(26)18(14)25(20,4)22(30)19(29)21(23)24/h5-8,11,15-16,18,20,26-27,29H,9-10H2,1-4H3/t15-,16+,18+,20-,24-,25+/m1/s1. The maximum Gasteiger partial charge on any atom is 0.204 e. The number of carbonyl (C=O) groups is 2. The van der Waals surface area contributed by atoms with Gasteiger partial charge in [-0.05, 0) is 50.0 Å². The first-order valence-corrected chi connectivity index (χ1v) is 10.8. The molecule has 1 aromatic rings. The van der Waals surface area contributed by atoms with Gasteiger partial charge in [0.15, 0.2) is 11.5 Å². The number of aliphatic hydroxyl groups excluding tert-OH is 3. The minimum Gasteiger partial charge on any atom is -0.504 e. The Labute approximate surface area is 181 Å². The third-order valence-corrected chi connectivity index (χ3v) is 8.48. The number of fused-ring (bicyclic) bond motifs is 5. The van der Waals surface area contributed by atoms with E-state index in [1.807, 2.05) is 13.0 Å². The molecule has 6 atom stereocenters. The molecular weight excluding hydrogens is 396 g/mol. The quantitative estimate of drug-likeness (QED) is 0.638. The second-order valence-corrected chi connectivity index (χ2v) is 10.5. The van der Waals surface area contributed by atoms with Crippen LogP contribution in [0.5, 0.6) is 0 Å². The van der Waals surface area contributed by atoms with Crippen LogP contribution in [0.15, 0.2) is 52.1 Å². The van der Waals surface area contributed by atoms with Crippen LogP contribution in [-0.2, 0) is 9.59 Å². The van der Waals surface area contributed by atoms with Crippen molar-refractivity contribution >= 4 is 17.1 Å². The van der Waals surface area contributed by atoms with Gasteiger partial charge in [0.05, 0.1) is 30.1 Å². The van der Waals surface area contributed by atoms with Gasteiger partial charge < -0.3 is 19.7 Å². The summed E-state index contributed by atoms with van der Waals surface area (Å²) in [5, 5.41) is 33.8. The van der Waals surface area contributed by atoms with Crippen LogP contribution in [0.1, 0.15) is 46.1 Å². The number of carbonyl (C=O) groups excluding carboxylic acids is 2. The van der Waals surface area contributed by atoms with Crippen molar-refractivity contribution in [1.82, 2.24) is 0 Å². The molecule has 4 aliphatic rings. The number of rotatable bonds is 1. The zero-order valence-electron chi connectivity index (χ0n) is 18.2. The molecule has 5 rings (SSSR count). The average molecular weight is 424 g/mol. The Morgan fingerprint density at radius 2 is 1.77 bits per heavy atom. The average Bonchev–Trinajstić information content (AvgIpc) is 3.31. The van der Waals surface area contributed by atoms with E-state index in [9.17, 15) is 24.9 Å². The number of aliphatic hydroxyl groups is 3. The van der Waals surface area contributed by atoms with Crippen molar-refractivity contribution in [2.24, 2.45) is 28.1 Å². The van der Waals surface area contributed by atoms with Gasteiger partial charge in [0.1, 0.15) is 0 Å². The molecule has 4 aliphatic carbocycles. The van der Waals surface area contributed by atoms with Crippen LogP contribution in [0, 0.1) is 28.1 Å². The normalized spacial score (nSPS) is 41.4. The Hall–Kier alpha value is -2.44. The second-order valence-electron chi connectivity index (χ2n) is 10.5. The molecule has 0 radical (unpaired) electrons. The van der Waals surface area contributed by atoms with E-state index in [0.29, 0.717) is 18.4 Å². The zero-order chi connectivity index (χ0) is 22.5. The number of ketones is 2. The van der Waals surface area contributed by atoms with E-state index in [2.05, 4.69) is 0 Å². The summed E-state index contributed by atoms with van der Waals surface area (Å²) in [5.41, 5.74) is -0.223. The highest BCUT2D eigenvalue weighted by molar-refractivity contribution is 6.06. The van der Waals surface area contributed by atoms with Crippen molar-refractivity contribution < 1.29 is 29.3 Å². The third kappa shape index (κ3) is 2.30. The molecular formula is C25H28O6. The minimum absolute atomic E-state index is 0.183. The lowest BCUT2D eigenvalue weighted by atomic mass is 9.42. The van der Waals surface area contributed by atoms with Crippen molar-refractivity contribution in [2.45, 2.75) is 52.7 Å². The zero-order valence-corrected chi connectivity index (χ0v) is 18.2. The Kier molecular flexibility index (Phi) is 4.01. The summed E-state index contributed by atoms with van der Waals surface area (Å²) in [6, 6.07) is 1.82. The predicted octanol–water partition coefficient (Wildman–Crippen LogP) is 3.37. The maximum atomic E-state index is 13.8. The Morgan fingerprint density at radius 3 is 2.42 bits per heavy atom. The Balaban J connectivity index is 1.77. The number of furan rings is 1. The van der Waals surface area contributed by atoms with E-state index in [4.69, 9.17) is 4.42 Å². The molecule has 1 heterocycles. The molecule has 0 aliphatic heterocycles. The van der Waals surface area contributed by atoms with Gasteiger partial charge in [-0.3, -0.25) is 9.59 Å². The highest BCUT2D eigenvalue weighted by atomic mass is 16.3. The van der Waals surface area contributed by atoms with E-state index >= 15 is 0 Å². The molecule has 164 valence electrons.